The number of nitrogens with one attached hydrogen (secondary N) is 1. The van der Waals surface area contributed by atoms with E-state index in [1.165, 1.54) is 0 Å². The molecule has 0 atom stereocenters. The van der Waals surface area contributed by atoms with Crippen LogP contribution in [0.3, 0.4) is 0 Å². The molecule has 2 aromatic carbocycles. The number of amides is 1. The van der Waals surface area contributed by atoms with Gasteiger partial charge >= 0.3 is 0 Å². The van der Waals surface area contributed by atoms with Gasteiger partial charge < -0.3 is 15.0 Å². The van der Waals surface area contributed by atoms with Gasteiger partial charge in [-0.05, 0) is 37.7 Å². The van der Waals surface area contributed by atoms with Crippen molar-refractivity contribution in [2.75, 3.05) is 27.2 Å². The number of carbonyl (C=O) groups excluding carboxylic acids is 1. The van der Waals surface area contributed by atoms with Gasteiger partial charge in [-0.15, -0.1) is 0 Å². The second-order valence-electron chi connectivity index (χ2n) is 7.34. The highest BCUT2D eigenvalue weighted by Gasteiger charge is 2.21. The van der Waals surface area contributed by atoms with Crippen LogP contribution in [0.2, 0.25) is 0 Å². The van der Waals surface area contributed by atoms with E-state index in [9.17, 15) is 4.79 Å². The first-order valence-electron chi connectivity index (χ1n) is 8.56. The van der Waals surface area contributed by atoms with Gasteiger partial charge in [0.15, 0.2) is 0 Å². The second kappa shape index (κ2) is 8.67. The zero-order valence-electron chi connectivity index (χ0n) is 15.6. The van der Waals surface area contributed by atoms with Gasteiger partial charge in [-0.25, -0.2) is 0 Å². The maximum absolute atomic E-state index is 12.6. The van der Waals surface area contributed by atoms with Crippen molar-refractivity contribution in [3.63, 3.8) is 0 Å². The largest absolute Gasteiger partial charge is 0.489 e. The topological polar surface area (TPSA) is 41.6 Å². The van der Waals surface area contributed by atoms with Crippen molar-refractivity contribution >= 4 is 5.91 Å². The third-order valence-corrected chi connectivity index (χ3v) is 3.87. The standard InChI is InChI=1S/C21H28N2O2/c1-21(2,16-23(3)4)15-22-20(24)19-13-9-8-10-17(19)14-25-18-11-6-5-7-12-18/h5-13H,14-16H2,1-4H3,(H,22,24). The molecule has 0 heterocycles. The summed E-state index contributed by atoms with van der Waals surface area (Å²) in [6, 6.07) is 17.2. The molecule has 0 fully saturated rings. The number of ether oxygens (including phenoxy) is 1. The van der Waals surface area contributed by atoms with E-state index in [-0.39, 0.29) is 11.3 Å². The second-order valence-corrected chi connectivity index (χ2v) is 7.34. The number of hydrogen-bond acceptors (Lipinski definition) is 3. The van der Waals surface area contributed by atoms with E-state index in [0.717, 1.165) is 17.9 Å². The fourth-order valence-electron chi connectivity index (χ4n) is 2.87. The average Bonchev–Trinajstić information content (AvgIpc) is 2.58. The Morgan fingerprint density at radius 3 is 2.36 bits per heavy atom. The summed E-state index contributed by atoms with van der Waals surface area (Å²) in [6.45, 7) is 6.20. The van der Waals surface area contributed by atoms with Crippen LogP contribution in [0.1, 0.15) is 29.8 Å². The molecule has 134 valence electrons. The minimum atomic E-state index is -0.0564. The Morgan fingerprint density at radius 2 is 1.68 bits per heavy atom. The molecule has 0 aliphatic heterocycles. The lowest BCUT2D eigenvalue weighted by Gasteiger charge is -2.28. The molecule has 4 heteroatoms. The first-order chi connectivity index (χ1) is 11.9. The van der Waals surface area contributed by atoms with E-state index in [0.29, 0.717) is 18.7 Å². The molecular formula is C21H28N2O2. The lowest BCUT2D eigenvalue weighted by atomic mass is 9.92. The van der Waals surface area contributed by atoms with Gasteiger partial charge in [-0.2, -0.15) is 0 Å². The average molecular weight is 340 g/mol. The van der Waals surface area contributed by atoms with Crippen LogP contribution in [0.15, 0.2) is 54.6 Å². The third-order valence-electron chi connectivity index (χ3n) is 3.87. The minimum absolute atomic E-state index is 0.00857. The molecule has 0 bridgehead atoms. The quantitative estimate of drug-likeness (QED) is 0.798. The SMILES string of the molecule is CN(C)CC(C)(C)CNC(=O)c1ccccc1COc1ccccc1. The van der Waals surface area contributed by atoms with Crippen LogP contribution in [-0.4, -0.2) is 38.0 Å². The fourth-order valence-corrected chi connectivity index (χ4v) is 2.87. The van der Waals surface area contributed by atoms with E-state index < -0.39 is 0 Å². The maximum Gasteiger partial charge on any atom is 0.251 e. The fraction of sp³-hybridized carbons (Fsp3) is 0.381. The summed E-state index contributed by atoms with van der Waals surface area (Å²) in [5.41, 5.74) is 1.56. The number of benzene rings is 2. The van der Waals surface area contributed by atoms with Gasteiger partial charge in [0.05, 0.1) is 0 Å². The van der Waals surface area contributed by atoms with E-state index >= 15 is 0 Å². The molecule has 25 heavy (non-hydrogen) atoms. The van der Waals surface area contributed by atoms with Crippen molar-refractivity contribution in [1.29, 1.82) is 0 Å². The molecule has 0 unspecified atom stereocenters. The summed E-state index contributed by atoms with van der Waals surface area (Å²) in [6.07, 6.45) is 0. The Morgan fingerprint density at radius 1 is 1.04 bits per heavy atom. The molecule has 0 spiro atoms. The number of rotatable bonds is 8. The lowest BCUT2D eigenvalue weighted by Crippen LogP contribution is -2.40. The lowest BCUT2D eigenvalue weighted by molar-refractivity contribution is 0.0926. The van der Waals surface area contributed by atoms with Crippen LogP contribution >= 0.6 is 0 Å². The molecule has 1 N–H and O–H groups in total. The van der Waals surface area contributed by atoms with Crippen molar-refractivity contribution < 1.29 is 9.53 Å². The summed E-state index contributed by atoms with van der Waals surface area (Å²) in [4.78, 5) is 14.8. The Balaban J connectivity index is 2.00. The number of hydrogen-bond donors (Lipinski definition) is 1. The highest BCUT2D eigenvalue weighted by atomic mass is 16.5. The van der Waals surface area contributed by atoms with Crippen molar-refractivity contribution in [2.24, 2.45) is 5.41 Å². The number of nitrogens with zero attached hydrogens (tertiary/aromatic N) is 1. The van der Waals surface area contributed by atoms with Crippen molar-refractivity contribution in [2.45, 2.75) is 20.5 Å². The van der Waals surface area contributed by atoms with Gasteiger partial charge in [-0.3, -0.25) is 4.79 Å². The molecule has 0 aliphatic carbocycles. The van der Waals surface area contributed by atoms with E-state index in [1.807, 2.05) is 68.7 Å². The summed E-state index contributed by atoms with van der Waals surface area (Å²) >= 11 is 0. The van der Waals surface area contributed by atoms with E-state index in [1.54, 1.807) is 0 Å². The van der Waals surface area contributed by atoms with Crippen LogP contribution in [0.4, 0.5) is 0 Å². The summed E-state index contributed by atoms with van der Waals surface area (Å²) in [7, 11) is 4.08. The zero-order chi connectivity index (χ0) is 18.3. The molecule has 0 aliphatic rings. The normalized spacial score (nSPS) is 11.4. The first-order valence-corrected chi connectivity index (χ1v) is 8.56. The molecule has 2 aromatic rings. The summed E-state index contributed by atoms with van der Waals surface area (Å²) in [5.74, 6) is 0.740. The molecule has 0 radical (unpaired) electrons. The van der Waals surface area contributed by atoms with Crippen molar-refractivity contribution in [3.05, 3.63) is 65.7 Å². The van der Waals surface area contributed by atoms with Crippen molar-refractivity contribution in [1.82, 2.24) is 10.2 Å². The predicted molar refractivity (Wildman–Crippen MR) is 102 cm³/mol. The molecule has 0 aromatic heterocycles. The highest BCUT2D eigenvalue weighted by Crippen LogP contribution is 2.17. The van der Waals surface area contributed by atoms with Crippen molar-refractivity contribution in [3.8, 4) is 5.75 Å². The number of carbonyl (C=O) groups is 1. The maximum atomic E-state index is 12.6. The van der Waals surface area contributed by atoms with E-state index in [4.69, 9.17) is 4.74 Å². The molecule has 0 saturated heterocycles. The van der Waals surface area contributed by atoms with Gasteiger partial charge in [0.2, 0.25) is 0 Å². The molecule has 1 amide bonds. The highest BCUT2D eigenvalue weighted by molar-refractivity contribution is 5.95. The Kier molecular flexibility index (Phi) is 6.59. The minimum Gasteiger partial charge on any atom is -0.489 e. The third kappa shape index (κ3) is 6.24. The zero-order valence-corrected chi connectivity index (χ0v) is 15.6. The van der Waals surface area contributed by atoms with Gasteiger partial charge in [0, 0.05) is 24.2 Å². The predicted octanol–water partition coefficient (Wildman–Crippen LogP) is 3.58. The van der Waals surface area contributed by atoms with Crippen LogP contribution in [-0.2, 0) is 6.61 Å². The summed E-state index contributed by atoms with van der Waals surface area (Å²) in [5, 5.41) is 3.06. The Bertz CT molecular complexity index is 681. The Labute approximate surface area is 150 Å². The van der Waals surface area contributed by atoms with Crippen LogP contribution in [0.25, 0.3) is 0 Å². The van der Waals surface area contributed by atoms with Gasteiger partial charge in [0.25, 0.3) is 5.91 Å². The summed E-state index contributed by atoms with van der Waals surface area (Å²) < 4.78 is 5.79. The number of para-hydroxylation sites is 1. The smallest absolute Gasteiger partial charge is 0.251 e. The van der Waals surface area contributed by atoms with Gasteiger partial charge in [-0.1, -0.05) is 50.2 Å². The molecular weight excluding hydrogens is 312 g/mol. The van der Waals surface area contributed by atoms with Gasteiger partial charge in [0.1, 0.15) is 12.4 Å². The monoisotopic (exact) mass is 340 g/mol. The van der Waals surface area contributed by atoms with Crippen LogP contribution in [0.5, 0.6) is 5.75 Å². The Hall–Kier alpha value is -2.33. The van der Waals surface area contributed by atoms with Crippen LogP contribution in [0, 0.1) is 5.41 Å². The van der Waals surface area contributed by atoms with E-state index in [2.05, 4.69) is 24.1 Å². The van der Waals surface area contributed by atoms with Crippen LogP contribution < -0.4 is 10.1 Å². The molecule has 2 rings (SSSR count). The molecule has 4 nitrogen and oxygen atoms in total. The molecule has 0 saturated carbocycles. The first kappa shape index (κ1) is 19.0.